The Morgan fingerprint density at radius 1 is 1.18 bits per heavy atom. The number of hydrogen-bond acceptors (Lipinski definition) is 5. The second kappa shape index (κ2) is 5.51. The number of para-hydroxylation sites is 1. The van der Waals surface area contributed by atoms with Crippen LogP contribution in [0.15, 0.2) is 24.3 Å². The van der Waals surface area contributed by atoms with E-state index in [1.807, 2.05) is 38.1 Å². The molecule has 0 saturated heterocycles. The molecule has 0 atom stereocenters. The van der Waals surface area contributed by atoms with E-state index in [4.69, 9.17) is 5.73 Å². The fraction of sp³-hybridized carbons (Fsp3) is 0.133. The van der Waals surface area contributed by atoms with Crippen LogP contribution in [0.3, 0.4) is 0 Å². The minimum Gasteiger partial charge on any atom is -0.365 e. The van der Waals surface area contributed by atoms with Crippen molar-refractivity contribution in [3.05, 3.63) is 45.3 Å². The lowest BCUT2D eigenvalue weighted by molar-refractivity contribution is 0.100. The van der Waals surface area contributed by atoms with Crippen LogP contribution in [0.1, 0.15) is 30.6 Å². The van der Waals surface area contributed by atoms with Crippen LogP contribution in [0.5, 0.6) is 0 Å². The summed E-state index contributed by atoms with van der Waals surface area (Å²) in [6.07, 6.45) is 0. The van der Waals surface area contributed by atoms with Gasteiger partial charge in [0.1, 0.15) is 5.00 Å². The van der Waals surface area contributed by atoms with E-state index >= 15 is 0 Å². The molecule has 0 fully saturated rings. The first-order valence-corrected chi connectivity index (χ1v) is 8.17. The zero-order chi connectivity index (χ0) is 15.9. The van der Waals surface area contributed by atoms with Gasteiger partial charge in [-0.25, -0.2) is 4.98 Å². The summed E-state index contributed by atoms with van der Waals surface area (Å²) in [6, 6.07) is 7.55. The van der Waals surface area contributed by atoms with E-state index in [9.17, 15) is 9.59 Å². The minimum atomic E-state index is -0.540. The fourth-order valence-corrected chi connectivity index (χ4v) is 4.06. The summed E-state index contributed by atoms with van der Waals surface area (Å²) < 4.78 is 0.946. The van der Waals surface area contributed by atoms with Crippen LogP contribution < -0.4 is 11.1 Å². The van der Waals surface area contributed by atoms with Gasteiger partial charge in [-0.1, -0.05) is 12.1 Å². The summed E-state index contributed by atoms with van der Waals surface area (Å²) in [7, 11) is 0. The molecule has 1 aromatic carbocycles. The Hall–Kier alpha value is -2.25. The number of nitrogens with two attached hydrogens (primary N) is 1. The number of thiazole rings is 1. The largest absolute Gasteiger partial charge is 0.365 e. The number of hydrogen-bond donors (Lipinski definition) is 2. The van der Waals surface area contributed by atoms with E-state index in [1.54, 1.807) is 0 Å². The molecular weight excluding hydrogens is 318 g/mol. The van der Waals surface area contributed by atoms with Crippen LogP contribution in [0.2, 0.25) is 0 Å². The third kappa shape index (κ3) is 2.49. The summed E-state index contributed by atoms with van der Waals surface area (Å²) in [5.74, 6) is -0.869. The van der Waals surface area contributed by atoms with Crippen molar-refractivity contribution < 1.29 is 9.59 Å². The number of amides is 2. The van der Waals surface area contributed by atoms with Crippen molar-refractivity contribution in [1.29, 1.82) is 0 Å². The first-order chi connectivity index (χ1) is 10.5. The Kier molecular flexibility index (Phi) is 3.67. The molecule has 0 unspecified atom stereocenters. The molecule has 7 heteroatoms. The van der Waals surface area contributed by atoms with E-state index < -0.39 is 5.91 Å². The minimum absolute atomic E-state index is 0.329. The van der Waals surface area contributed by atoms with Gasteiger partial charge in [-0.3, -0.25) is 9.59 Å². The molecule has 2 aromatic heterocycles. The predicted molar refractivity (Wildman–Crippen MR) is 89.9 cm³/mol. The number of thiophene rings is 1. The lowest BCUT2D eigenvalue weighted by Gasteiger charge is -2.02. The first kappa shape index (κ1) is 14.7. The maximum absolute atomic E-state index is 12.4. The van der Waals surface area contributed by atoms with Crippen molar-refractivity contribution in [2.24, 2.45) is 5.73 Å². The fourth-order valence-electron chi connectivity index (χ4n) is 2.14. The molecule has 112 valence electrons. The van der Waals surface area contributed by atoms with Crippen LogP contribution in [-0.4, -0.2) is 16.8 Å². The Morgan fingerprint density at radius 3 is 2.59 bits per heavy atom. The van der Waals surface area contributed by atoms with Crippen molar-refractivity contribution in [3.8, 4) is 0 Å². The van der Waals surface area contributed by atoms with E-state index in [0.717, 1.165) is 20.7 Å². The second-order valence-electron chi connectivity index (χ2n) is 4.79. The highest BCUT2D eigenvalue weighted by molar-refractivity contribution is 7.20. The van der Waals surface area contributed by atoms with Crippen LogP contribution in [-0.2, 0) is 0 Å². The van der Waals surface area contributed by atoms with Gasteiger partial charge in [0.15, 0.2) is 5.01 Å². The SMILES string of the molecule is Cc1sc(NC(=O)c2nc3ccccc3s2)c(C(N)=O)c1C. The van der Waals surface area contributed by atoms with E-state index in [-0.39, 0.29) is 5.91 Å². The predicted octanol–water partition coefficient (Wildman–Crippen LogP) is 3.33. The van der Waals surface area contributed by atoms with Crippen LogP contribution >= 0.6 is 22.7 Å². The van der Waals surface area contributed by atoms with Gasteiger partial charge in [-0.15, -0.1) is 22.7 Å². The van der Waals surface area contributed by atoms with Crippen molar-refractivity contribution in [1.82, 2.24) is 4.98 Å². The lowest BCUT2D eigenvalue weighted by atomic mass is 10.1. The number of carbonyl (C=O) groups is 2. The number of rotatable bonds is 3. The van der Waals surface area contributed by atoms with Crippen molar-refractivity contribution in [3.63, 3.8) is 0 Å². The number of aromatic nitrogens is 1. The highest BCUT2D eigenvalue weighted by Gasteiger charge is 2.20. The Balaban J connectivity index is 1.94. The van der Waals surface area contributed by atoms with E-state index in [1.165, 1.54) is 22.7 Å². The normalized spacial score (nSPS) is 10.8. The molecule has 22 heavy (non-hydrogen) atoms. The van der Waals surface area contributed by atoms with Crippen LogP contribution in [0, 0.1) is 13.8 Å². The van der Waals surface area contributed by atoms with E-state index in [2.05, 4.69) is 10.3 Å². The molecular formula is C15H13N3O2S2. The standard InChI is InChI=1S/C15H13N3O2S2/c1-7-8(2)21-14(11(7)12(16)19)18-13(20)15-17-9-5-3-4-6-10(9)22-15/h3-6H,1-2H3,(H2,16,19)(H,18,20). The summed E-state index contributed by atoms with van der Waals surface area (Å²) in [6.45, 7) is 3.71. The summed E-state index contributed by atoms with van der Waals surface area (Å²) in [5, 5.41) is 3.60. The highest BCUT2D eigenvalue weighted by atomic mass is 32.1. The van der Waals surface area contributed by atoms with Gasteiger partial charge in [0.2, 0.25) is 0 Å². The van der Waals surface area contributed by atoms with Crippen molar-refractivity contribution in [2.45, 2.75) is 13.8 Å². The van der Waals surface area contributed by atoms with Crippen molar-refractivity contribution >= 4 is 49.7 Å². The number of aryl methyl sites for hydroxylation is 1. The molecule has 5 nitrogen and oxygen atoms in total. The molecule has 3 aromatic rings. The lowest BCUT2D eigenvalue weighted by Crippen LogP contribution is -2.17. The average Bonchev–Trinajstić information content (AvgIpc) is 3.01. The quantitative estimate of drug-likeness (QED) is 0.772. The monoisotopic (exact) mass is 331 g/mol. The number of nitrogens with zero attached hydrogens (tertiary/aromatic N) is 1. The second-order valence-corrected chi connectivity index (χ2v) is 7.05. The Labute approximate surface area is 134 Å². The third-order valence-electron chi connectivity index (χ3n) is 3.35. The summed E-state index contributed by atoms with van der Waals surface area (Å²) >= 11 is 2.66. The number of carbonyl (C=O) groups excluding carboxylic acids is 2. The van der Waals surface area contributed by atoms with Crippen LogP contribution in [0.25, 0.3) is 10.2 Å². The zero-order valence-electron chi connectivity index (χ0n) is 12.0. The summed E-state index contributed by atoms with van der Waals surface area (Å²) in [5.41, 5.74) is 7.37. The third-order valence-corrected chi connectivity index (χ3v) is 5.50. The van der Waals surface area contributed by atoms with Crippen molar-refractivity contribution in [2.75, 3.05) is 5.32 Å². The molecule has 2 amide bonds. The van der Waals surface area contributed by atoms with Gasteiger partial charge in [0.25, 0.3) is 11.8 Å². The van der Waals surface area contributed by atoms with Gasteiger partial charge < -0.3 is 11.1 Å². The van der Waals surface area contributed by atoms with Gasteiger partial charge in [-0.05, 0) is 31.5 Å². The molecule has 0 spiro atoms. The number of benzene rings is 1. The van der Waals surface area contributed by atoms with Gasteiger partial charge >= 0.3 is 0 Å². The molecule has 2 heterocycles. The van der Waals surface area contributed by atoms with Crippen LogP contribution in [0.4, 0.5) is 5.00 Å². The summed E-state index contributed by atoms with van der Waals surface area (Å²) in [4.78, 5) is 29.2. The molecule has 3 N–H and O–H groups in total. The average molecular weight is 331 g/mol. The smallest absolute Gasteiger partial charge is 0.285 e. The molecule has 0 saturated carbocycles. The number of anilines is 1. The first-order valence-electron chi connectivity index (χ1n) is 6.54. The Bertz CT molecular complexity index is 862. The highest BCUT2D eigenvalue weighted by Crippen LogP contribution is 2.32. The maximum Gasteiger partial charge on any atom is 0.285 e. The molecule has 0 aliphatic carbocycles. The maximum atomic E-state index is 12.4. The molecule has 0 aliphatic heterocycles. The number of fused-ring (bicyclic) bond motifs is 1. The number of nitrogens with one attached hydrogen (secondary N) is 1. The Morgan fingerprint density at radius 2 is 1.91 bits per heavy atom. The van der Waals surface area contributed by atoms with E-state index in [0.29, 0.717) is 15.6 Å². The van der Waals surface area contributed by atoms with Gasteiger partial charge in [-0.2, -0.15) is 0 Å². The topological polar surface area (TPSA) is 85.1 Å². The van der Waals surface area contributed by atoms with Gasteiger partial charge in [0.05, 0.1) is 15.8 Å². The van der Waals surface area contributed by atoms with Gasteiger partial charge in [0, 0.05) is 4.88 Å². The number of primary amides is 1. The molecule has 0 bridgehead atoms. The zero-order valence-corrected chi connectivity index (χ0v) is 13.6. The molecule has 0 aliphatic rings. The molecule has 0 radical (unpaired) electrons. The molecule has 3 rings (SSSR count).